The van der Waals surface area contributed by atoms with Gasteiger partial charge in [0.2, 0.25) is 5.91 Å². The number of rotatable bonds is 3. The maximum Gasteiger partial charge on any atom is 0.311 e. The number of nitrogens with zero attached hydrogens (tertiary/aromatic N) is 2. The summed E-state index contributed by atoms with van der Waals surface area (Å²) in [6.45, 7) is 6.01. The van der Waals surface area contributed by atoms with Crippen LogP contribution in [-0.4, -0.2) is 40.1 Å². The van der Waals surface area contributed by atoms with Crippen LogP contribution in [0.4, 0.5) is 0 Å². The first-order valence-electron chi connectivity index (χ1n) is 6.26. The van der Waals surface area contributed by atoms with E-state index < -0.39 is 11.4 Å². The summed E-state index contributed by atoms with van der Waals surface area (Å²) < 4.78 is 5.02. The molecule has 2 rings (SSSR count). The first-order chi connectivity index (χ1) is 8.83. The van der Waals surface area contributed by atoms with Gasteiger partial charge in [-0.3, -0.25) is 9.59 Å². The summed E-state index contributed by atoms with van der Waals surface area (Å²) in [5.74, 6) is -0.273. The molecule has 1 amide bonds. The molecule has 1 aromatic heterocycles. The molecule has 0 radical (unpaired) electrons. The molecule has 2 heterocycles. The van der Waals surface area contributed by atoms with E-state index in [1.165, 1.54) is 0 Å². The van der Waals surface area contributed by atoms with Gasteiger partial charge in [0.05, 0.1) is 17.5 Å². The highest BCUT2D eigenvalue weighted by Crippen LogP contribution is 2.30. The van der Waals surface area contributed by atoms with Crippen LogP contribution in [0.5, 0.6) is 0 Å². The average molecular weight is 266 g/mol. The van der Waals surface area contributed by atoms with Crippen LogP contribution in [0.15, 0.2) is 4.52 Å². The summed E-state index contributed by atoms with van der Waals surface area (Å²) in [7, 11) is 0. The second kappa shape index (κ2) is 4.68. The predicted octanol–water partition coefficient (Wildman–Crippen LogP) is 1.16. The van der Waals surface area contributed by atoms with Crippen molar-refractivity contribution in [3.63, 3.8) is 0 Å². The Morgan fingerprint density at radius 3 is 2.63 bits per heavy atom. The minimum Gasteiger partial charge on any atom is -0.481 e. The molecule has 6 heteroatoms. The fourth-order valence-corrected chi connectivity index (χ4v) is 2.37. The largest absolute Gasteiger partial charge is 0.481 e. The molecule has 0 spiro atoms. The lowest BCUT2D eigenvalue weighted by Crippen LogP contribution is -2.35. The van der Waals surface area contributed by atoms with Crippen LogP contribution in [-0.2, 0) is 16.0 Å². The molecular formula is C13H18N2O4. The van der Waals surface area contributed by atoms with Crippen molar-refractivity contribution in [1.82, 2.24) is 10.1 Å². The van der Waals surface area contributed by atoms with Crippen molar-refractivity contribution < 1.29 is 19.2 Å². The number of carboxylic acids is 1. The van der Waals surface area contributed by atoms with E-state index in [-0.39, 0.29) is 18.9 Å². The number of amides is 1. The molecule has 1 unspecified atom stereocenters. The van der Waals surface area contributed by atoms with Crippen LogP contribution in [0.1, 0.15) is 30.4 Å². The van der Waals surface area contributed by atoms with E-state index in [0.29, 0.717) is 24.4 Å². The number of likely N-dealkylation sites (tertiary alicyclic amines) is 1. The molecule has 1 aliphatic rings. The SMILES string of the molecule is Cc1noc(C)c1CC(=O)N1CCC(C)(C(=O)O)C1. The lowest BCUT2D eigenvalue weighted by atomic mass is 9.90. The van der Waals surface area contributed by atoms with Gasteiger partial charge in [-0.05, 0) is 27.2 Å². The summed E-state index contributed by atoms with van der Waals surface area (Å²) in [4.78, 5) is 25.0. The zero-order chi connectivity index (χ0) is 14.2. The third-order valence-corrected chi connectivity index (χ3v) is 3.85. The molecule has 1 aliphatic heterocycles. The summed E-state index contributed by atoms with van der Waals surface area (Å²) in [5.41, 5.74) is 0.689. The fraction of sp³-hybridized carbons (Fsp3) is 0.615. The van der Waals surface area contributed by atoms with E-state index in [1.807, 2.05) is 0 Å². The second-order valence-corrected chi connectivity index (χ2v) is 5.41. The number of hydrogen-bond acceptors (Lipinski definition) is 4. The van der Waals surface area contributed by atoms with Crippen molar-refractivity contribution in [3.05, 3.63) is 17.0 Å². The van der Waals surface area contributed by atoms with Gasteiger partial charge in [0.15, 0.2) is 0 Å². The minimum atomic E-state index is -0.847. The van der Waals surface area contributed by atoms with Gasteiger partial charge in [-0.15, -0.1) is 0 Å². The molecule has 0 saturated carbocycles. The van der Waals surface area contributed by atoms with E-state index >= 15 is 0 Å². The van der Waals surface area contributed by atoms with Crippen LogP contribution in [0, 0.1) is 19.3 Å². The molecule has 0 aromatic carbocycles. The third kappa shape index (κ3) is 2.47. The van der Waals surface area contributed by atoms with E-state index in [2.05, 4.69) is 5.16 Å². The summed E-state index contributed by atoms with van der Waals surface area (Å²) in [6, 6.07) is 0. The molecule has 19 heavy (non-hydrogen) atoms. The molecule has 1 fully saturated rings. The Hall–Kier alpha value is -1.85. The van der Waals surface area contributed by atoms with Gasteiger partial charge in [-0.2, -0.15) is 0 Å². The maximum atomic E-state index is 12.2. The van der Waals surface area contributed by atoms with Gasteiger partial charge in [0, 0.05) is 18.7 Å². The lowest BCUT2D eigenvalue weighted by molar-refractivity contribution is -0.147. The normalized spacial score (nSPS) is 22.8. The molecule has 1 atom stereocenters. The summed E-state index contributed by atoms with van der Waals surface area (Å²) in [5, 5.41) is 13.0. The van der Waals surface area contributed by atoms with Gasteiger partial charge < -0.3 is 14.5 Å². The Morgan fingerprint density at radius 2 is 2.16 bits per heavy atom. The molecule has 1 N–H and O–H groups in total. The number of aryl methyl sites for hydroxylation is 2. The van der Waals surface area contributed by atoms with Gasteiger partial charge in [0.1, 0.15) is 5.76 Å². The molecule has 6 nitrogen and oxygen atoms in total. The topological polar surface area (TPSA) is 83.6 Å². The summed E-state index contributed by atoms with van der Waals surface area (Å²) >= 11 is 0. The molecule has 104 valence electrons. The Balaban J connectivity index is 2.05. The highest BCUT2D eigenvalue weighted by atomic mass is 16.5. The average Bonchev–Trinajstić information content (AvgIpc) is 2.88. The van der Waals surface area contributed by atoms with E-state index in [1.54, 1.807) is 25.7 Å². The standard InChI is InChI=1S/C13H18N2O4/c1-8-10(9(2)19-14-8)6-11(16)15-5-4-13(3,7-15)12(17)18/h4-7H2,1-3H3,(H,17,18). The number of carboxylic acid groups (broad SMARTS) is 1. The molecule has 1 aromatic rings. The van der Waals surface area contributed by atoms with Gasteiger partial charge >= 0.3 is 5.97 Å². The second-order valence-electron chi connectivity index (χ2n) is 5.41. The number of hydrogen-bond donors (Lipinski definition) is 1. The number of carbonyl (C=O) groups excluding carboxylic acids is 1. The van der Waals surface area contributed by atoms with Gasteiger partial charge in [-0.25, -0.2) is 0 Å². The highest BCUT2D eigenvalue weighted by molar-refractivity contribution is 5.82. The Morgan fingerprint density at radius 1 is 1.47 bits per heavy atom. The molecule has 0 aliphatic carbocycles. The Labute approximate surface area is 111 Å². The Kier molecular flexibility index (Phi) is 3.34. The number of carbonyl (C=O) groups is 2. The van der Waals surface area contributed by atoms with Crippen molar-refractivity contribution in [2.45, 2.75) is 33.6 Å². The van der Waals surface area contributed by atoms with Crippen molar-refractivity contribution in [3.8, 4) is 0 Å². The Bertz CT molecular complexity index is 503. The number of aliphatic carboxylic acids is 1. The summed E-state index contributed by atoms with van der Waals surface area (Å²) in [6.07, 6.45) is 0.715. The van der Waals surface area contributed by atoms with Crippen LogP contribution in [0.2, 0.25) is 0 Å². The zero-order valence-electron chi connectivity index (χ0n) is 11.4. The zero-order valence-corrected chi connectivity index (χ0v) is 11.4. The van der Waals surface area contributed by atoms with Crippen LogP contribution in [0.3, 0.4) is 0 Å². The predicted molar refractivity (Wildman–Crippen MR) is 66.6 cm³/mol. The van der Waals surface area contributed by atoms with Crippen molar-refractivity contribution in [1.29, 1.82) is 0 Å². The molecule has 1 saturated heterocycles. The quantitative estimate of drug-likeness (QED) is 0.887. The van der Waals surface area contributed by atoms with Crippen LogP contribution >= 0.6 is 0 Å². The van der Waals surface area contributed by atoms with E-state index in [9.17, 15) is 9.59 Å². The van der Waals surface area contributed by atoms with Crippen molar-refractivity contribution in [2.75, 3.05) is 13.1 Å². The monoisotopic (exact) mass is 266 g/mol. The van der Waals surface area contributed by atoms with Crippen molar-refractivity contribution >= 4 is 11.9 Å². The maximum absolute atomic E-state index is 12.2. The lowest BCUT2D eigenvalue weighted by Gasteiger charge is -2.20. The highest BCUT2D eigenvalue weighted by Gasteiger charge is 2.42. The van der Waals surface area contributed by atoms with E-state index in [4.69, 9.17) is 9.63 Å². The first kappa shape index (κ1) is 13.6. The van der Waals surface area contributed by atoms with E-state index in [0.717, 1.165) is 5.56 Å². The third-order valence-electron chi connectivity index (χ3n) is 3.85. The smallest absolute Gasteiger partial charge is 0.311 e. The van der Waals surface area contributed by atoms with Gasteiger partial charge in [-0.1, -0.05) is 5.16 Å². The minimum absolute atomic E-state index is 0.0700. The first-order valence-corrected chi connectivity index (χ1v) is 6.26. The van der Waals surface area contributed by atoms with Gasteiger partial charge in [0.25, 0.3) is 0 Å². The van der Waals surface area contributed by atoms with Crippen molar-refractivity contribution in [2.24, 2.45) is 5.41 Å². The molecule has 0 bridgehead atoms. The fourth-order valence-electron chi connectivity index (χ4n) is 2.37. The van der Waals surface area contributed by atoms with Crippen LogP contribution < -0.4 is 0 Å². The number of aromatic nitrogens is 1. The molecular weight excluding hydrogens is 248 g/mol. The van der Waals surface area contributed by atoms with Crippen LogP contribution in [0.25, 0.3) is 0 Å².